The van der Waals surface area contributed by atoms with Gasteiger partial charge in [-0.3, -0.25) is 14.0 Å². The highest BCUT2D eigenvalue weighted by Crippen LogP contribution is 2.19. The largest absolute Gasteiger partial charge is 0.491 e. The van der Waals surface area contributed by atoms with E-state index in [-0.39, 0.29) is 18.7 Å². The third-order valence-electron chi connectivity index (χ3n) is 3.89. The molecule has 0 radical (unpaired) electrons. The smallest absolute Gasteiger partial charge is 0.264 e. The molecule has 3 aromatic rings. The highest BCUT2D eigenvalue weighted by atomic mass is 16.5. The Bertz CT molecular complexity index is 945. The van der Waals surface area contributed by atoms with E-state index in [0.29, 0.717) is 23.2 Å². The number of benzene rings is 1. The summed E-state index contributed by atoms with van der Waals surface area (Å²) in [6.45, 7) is 3.90. The van der Waals surface area contributed by atoms with E-state index in [1.807, 2.05) is 24.3 Å². The summed E-state index contributed by atoms with van der Waals surface area (Å²) >= 11 is 0. The number of aliphatic hydroxyl groups excluding tert-OH is 1. The number of aromatic nitrogens is 4. The Hall–Kier alpha value is -2.93. The molecule has 0 aliphatic heterocycles. The van der Waals surface area contributed by atoms with Crippen molar-refractivity contribution in [2.24, 2.45) is 7.05 Å². The Labute approximate surface area is 144 Å². The molecule has 3 rings (SSSR count). The SMILES string of the molecule is C=CCc1ccccc1OC[C@H](O)Cn1cnc2c(cnn2C)c1=O. The zero-order valence-electron chi connectivity index (χ0n) is 14.0. The molecular formula is C18H20N4O3. The number of nitrogens with zero attached hydrogens (tertiary/aromatic N) is 4. The topological polar surface area (TPSA) is 82.2 Å². The van der Waals surface area contributed by atoms with Gasteiger partial charge in [0.2, 0.25) is 0 Å². The predicted octanol–water partition coefficient (Wildman–Crippen LogP) is 1.30. The number of hydrogen-bond donors (Lipinski definition) is 1. The summed E-state index contributed by atoms with van der Waals surface area (Å²) in [4.78, 5) is 16.6. The van der Waals surface area contributed by atoms with Crippen LogP contribution in [0.3, 0.4) is 0 Å². The van der Waals surface area contributed by atoms with E-state index in [1.165, 1.54) is 21.8 Å². The Kier molecular flexibility index (Phi) is 4.95. The molecule has 2 aromatic heterocycles. The summed E-state index contributed by atoms with van der Waals surface area (Å²) in [7, 11) is 1.72. The molecule has 0 spiro atoms. The minimum Gasteiger partial charge on any atom is -0.491 e. The fourth-order valence-electron chi connectivity index (χ4n) is 2.63. The second kappa shape index (κ2) is 7.31. The highest BCUT2D eigenvalue weighted by molar-refractivity contribution is 5.72. The number of ether oxygens (including phenoxy) is 1. The van der Waals surface area contributed by atoms with E-state index < -0.39 is 6.10 Å². The molecule has 0 saturated carbocycles. The van der Waals surface area contributed by atoms with E-state index in [2.05, 4.69) is 16.7 Å². The number of fused-ring (bicyclic) bond motifs is 1. The number of para-hydroxylation sites is 1. The molecule has 0 aliphatic carbocycles. The molecule has 25 heavy (non-hydrogen) atoms. The lowest BCUT2D eigenvalue weighted by atomic mass is 10.1. The summed E-state index contributed by atoms with van der Waals surface area (Å²) in [5.41, 5.74) is 1.29. The van der Waals surface area contributed by atoms with Crippen LogP contribution in [0.15, 0.2) is 54.2 Å². The van der Waals surface area contributed by atoms with Crippen molar-refractivity contribution in [1.82, 2.24) is 19.3 Å². The standard InChI is InChI=1S/C18H20N4O3/c1-3-6-13-7-4-5-8-16(13)25-11-14(23)10-22-12-19-17-15(18(22)24)9-20-21(17)2/h3-5,7-9,12,14,23H,1,6,10-11H2,2H3/t14-/m1/s1. The Morgan fingerprint density at radius 3 is 3.00 bits per heavy atom. The van der Waals surface area contributed by atoms with Crippen LogP contribution in [0.1, 0.15) is 5.56 Å². The molecule has 1 aromatic carbocycles. The summed E-state index contributed by atoms with van der Waals surface area (Å²) in [6, 6.07) is 7.60. The van der Waals surface area contributed by atoms with Crippen LogP contribution in [0, 0.1) is 0 Å². The van der Waals surface area contributed by atoms with Crippen LogP contribution >= 0.6 is 0 Å². The minimum absolute atomic E-state index is 0.0751. The van der Waals surface area contributed by atoms with Crippen molar-refractivity contribution in [3.05, 3.63) is 65.4 Å². The summed E-state index contributed by atoms with van der Waals surface area (Å²) in [6.07, 6.45) is 4.54. The second-order valence-electron chi connectivity index (χ2n) is 5.77. The van der Waals surface area contributed by atoms with Crippen molar-refractivity contribution in [3.8, 4) is 5.75 Å². The van der Waals surface area contributed by atoms with Crippen LogP contribution in [-0.2, 0) is 20.0 Å². The minimum atomic E-state index is -0.842. The van der Waals surface area contributed by atoms with Crippen LogP contribution < -0.4 is 10.3 Å². The lowest BCUT2D eigenvalue weighted by molar-refractivity contribution is 0.0911. The zero-order valence-corrected chi connectivity index (χ0v) is 14.0. The van der Waals surface area contributed by atoms with Crippen molar-refractivity contribution in [1.29, 1.82) is 0 Å². The maximum absolute atomic E-state index is 12.4. The molecule has 0 fully saturated rings. The third-order valence-corrected chi connectivity index (χ3v) is 3.89. The molecule has 1 N–H and O–H groups in total. The number of aryl methyl sites for hydroxylation is 1. The maximum atomic E-state index is 12.4. The van der Waals surface area contributed by atoms with Gasteiger partial charge in [0, 0.05) is 7.05 Å². The van der Waals surface area contributed by atoms with Gasteiger partial charge in [-0.1, -0.05) is 24.3 Å². The van der Waals surface area contributed by atoms with Crippen LogP contribution in [0.5, 0.6) is 5.75 Å². The average molecular weight is 340 g/mol. The van der Waals surface area contributed by atoms with Crippen LogP contribution in [-0.4, -0.2) is 37.1 Å². The van der Waals surface area contributed by atoms with Crippen LogP contribution in [0.4, 0.5) is 0 Å². The third kappa shape index (κ3) is 3.61. The van der Waals surface area contributed by atoms with Gasteiger partial charge in [-0.15, -0.1) is 6.58 Å². The second-order valence-corrected chi connectivity index (χ2v) is 5.77. The van der Waals surface area contributed by atoms with Gasteiger partial charge in [0.25, 0.3) is 5.56 Å². The Balaban J connectivity index is 1.69. The summed E-state index contributed by atoms with van der Waals surface area (Å²) < 4.78 is 8.61. The van der Waals surface area contributed by atoms with Gasteiger partial charge >= 0.3 is 0 Å². The molecule has 0 amide bonds. The highest BCUT2D eigenvalue weighted by Gasteiger charge is 2.13. The van der Waals surface area contributed by atoms with Gasteiger partial charge in [-0.05, 0) is 18.1 Å². The molecule has 0 unspecified atom stereocenters. The average Bonchev–Trinajstić information content (AvgIpc) is 2.99. The molecule has 1 atom stereocenters. The quantitative estimate of drug-likeness (QED) is 0.656. The van der Waals surface area contributed by atoms with Gasteiger partial charge in [0.15, 0.2) is 5.65 Å². The van der Waals surface area contributed by atoms with Gasteiger partial charge in [-0.2, -0.15) is 5.10 Å². The van der Waals surface area contributed by atoms with E-state index >= 15 is 0 Å². The van der Waals surface area contributed by atoms with E-state index in [0.717, 1.165) is 5.56 Å². The lowest BCUT2D eigenvalue weighted by Gasteiger charge is -2.15. The van der Waals surface area contributed by atoms with Crippen LogP contribution in [0.2, 0.25) is 0 Å². The van der Waals surface area contributed by atoms with E-state index in [9.17, 15) is 9.90 Å². The first-order valence-corrected chi connectivity index (χ1v) is 7.97. The summed E-state index contributed by atoms with van der Waals surface area (Å²) in [5.74, 6) is 0.703. The van der Waals surface area contributed by atoms with Crippen LogP contribution in [0.25, 0.3) is 11.0 Å². The summed E-state index contributed by atoms with van der Waals surface area (Å²) in [5, 5.41) is 14.7. The molecular weight excluding hydrogens is 320 g/mol. The van der Waals surface area contributed by atoms with Gasteiger partial charge in [0.1, 0.15) is 30.2 Å². The normalized spacial score (nSPS) is 12.2. The molecule has 130 valence electrons. The van der Waals surface area contributed by atoms with Crippen molar-refractivity contribution in [2.45, 2.75) is 19.1 Å². The van der Waals surface area contributed by atoms with E-state index in [4.69, 9.17) is 4.74 Å². The fourth-order valence-corrected chi connectivity index (χ4v) is 2.63. The van der Waals surface area contributed by atoms with Crippen molar-refractivity contribution in [3.63, 3.8) is 0 Å². The Morgan fingerprint density at radius 2 is 2.20 bits per heavy atom. The lowest BCUT2D eigenvalue weighted by Crippen LogP contribution is -2.30. The van der Waals surface area contributed by atoms with Crippen molar-refractivity contribution >= 4 is 11.0 Å². The number of rotatable bonds is 7. The Morgan fingerprint density at radius 1 is 1.40 bits per heavy atom. The molecule has 2 heterocycles. The molecule has 0 aliphatic rings. The monoisotopic (exact) mass is 340 g/mol. The first-order chi connectivity index (χ1) is 12.1. The first-order valence-electron chi connectivity index (χ1n) is 7.97. The van der Waals surface area contributed by atoms with Gasteiger partial charge < -0.3 is 9.84 Å². The van der Waals surface area contributed by atoms with Gasteiger partial charge in [-0.25, -0.2) is 4.98 Å². The zero-order chi connectivity index (χ0) is 17.8. The number of aliphatic hydroxyl groups is 1. The predicted molar refractivity (Wildman–Crippen MR) is 94.6 cm³/mol. The molecule has 0 bridgehead atoms. The molecule has 7 heteroatoms. The number of hydrogen-bond acceptors (Lipinski definition) is 5. The number of allylic oxidation sites excluding steroid dienone is 1. The van der Waals surface area contributed by atoms with Gasteiger partial charge in [0.05, 0.1) is 12.7 Å². The van der Waals surface area contributed by atoms with Crippen molar-refractivity contribution in [2.75, 3.05) is 6.61 Å². The molecule has 0 saturated heterocycles. The van der Waals surface area contributed by atoms with E-state index in [1.54, 1.807) is 13.1 Å². The fraction of sp³-hybridized carbons (Fsp3) is 0.278. The van der Waals surface area contributed by atoms with Crippen molar-refractivity contribution < 1.29 is 9.84 Å². The maximum Gasteiger partial charge on any atom is 0.264 e. The first kappa shape index (κ1) is 16.9. The molecule has 7 nitrogen and oxygen atoms in total.